The fraction of sp³-hybridized carbons (Fsp3) is 0.909. The number of carbonyl (C=O) groups is 1. The Hall–Kier alpha value is -0.530. The molecule has 0 saturated heterocycles. The fourth-order valence-corrected chi connectivity index (χ4v) is 2.76. The second-order valence-corrected chi connectivity index (χ2v) is 5.11. The molecule has 2 nitrogen and oxygen atoms in total. The highest BCUT2D eigenvalue weighted by Crippen LogP contribution is 2.65. The van der Waals surface area contributed by atoms with Crippen LogP contribution in [0.2, 0.25) is 0 Å². The molecule has 1 amide bonds. The predicted molar refractivity (Wildman–Crippen MR) is 50.2 cm³/mol. The molecular weight excluding hydrogens is 162 g/mol. The van der Waals surface area contributed by atoms with Gasteiger partial charge in [0, 0.05) is 12.0 Å². The van der Waals surface area contributed by atoms with Crippen LogP contribution in [0.4, 0.5) is 0 Å². The van der Waals surface area contributed by atoms with Gasteiger partial charge in [-0.3, -0.25) is 4.79 Å². The molecule has 1 atom stereocenters. The second-order valence-electron chi connectivity index (χ2n) is 5.11. The van der Waals surface area contributed by atoms with Gasteiger partial charge < -0.3 is 5.32 Å². The Balaban J connectivity index is 1.52. The van der Waals surface area contributed by atoms with Gasteiger partial charge in [0.15, 0.2) is 0 Å². The van der Waals surface area contributed by atoms with Crippen molar-refractivity contribution in [1.29, 1.82) is 0 Å². The molecule has 0 aromatic heterocycles. The van der Waals surface area contributed by atoms with Crippen LogP contribution >= 0.6 is 0 Å². The molecule has 0 radical (unpaired) electrons. The first kappa shape index (κ1) is 7.84. The monoisotopic (exact) mass is 179 g/mol. The smallest absolute Gasteiger partial charge is 0.223 e. The third kappa shape index (κ3) is 1.11. The maximum absolute atomic E-state index is 11.7. The summed E-state index contributed by atoms with van der Waals surface area (Å²) in [6.45, 7) is 0. The summed E-state index contributed by atoms with van der Waals surface area (Å²) in [6, 6.07) is 0.533. The van der Waals surface area contributed by atoms with E-state index >= 15 is 0 Å². The van der Waals surface area contributed by atoms with Crippen LogP contribution in [0.5, 0.6) is 0 Å². The Kier molecular flexibility index (Phi) is 1.50. The zero-order valence-corrected chi connectivity index (χ0v) is 8.01. The van der Waals surface area contributed by atoms with Crippen molar-refractivity contribution >= 4 is 5.91 Å². The van der Waals surface area contributed by atoms with Crippen molar-refractivity contribution in [2.75, 3.05) is 0 Å². The van der Waals surface area contributed by atoms with E-state index in [4.69, 9.17) is 0 Å². The molecule has 0 aromatic rings. The minimum atomic E-state index is 0.365. The number of amides is 1. The summed E-state index contributed by atoms with van der Waals surface area (Å²) in [5, 5.41) is 3.16. The maximum atomic E-state index is 11.7. The number of carbonyl (C=O) groups excluding carboxylic acids is 1. The van der Waals surface area contributed by atoms with Crippen molar-refractivity contribution in [3.63, 3.8) is 0 Å². The van der Waals surface area contributed by atoms with E-state index < -0.39 is 0 Å². The van der Waals surface area contributed by atoms with Crippen LogP contribution < -0.4 is 5.32 Å². The molecule has 2 heteroatoms. The van der Waals surface area contributed by atoms with Crippen molar-refractivity contribution in [1.82, 2.24) is 5.32 Å². The van der Waals surface area contributed by atoms with E-state index in [2.05, 4.69) is 5.32 Å². The zero-order valence-electron chi connectivity index (χ0n) is 8.01. The van der Waals surface area contributed by atoms with Gasteiger partial charge in [-0.2, -0.15) is 0 Å². The Labute approximate surface area is 79.1 Å². The number of nitrogens with one attached hydrogen (secondary N) is 1. The van der Waals surface area contributed by atoms with Crippen LogP contribution in [-0.2, 0) is 4.79 Å². The highest BCUT2D eigenvalue weighted by molar-refractivity contribution is 5.83. The van der Waals surface area contributed by atoms with E-state index in [1.165, 1.54) is 44.9 Å². The van der Waals surface area contributed by atoms with Crippen LogP contribution in [0, 0.1) is 11.3 Å². The number of hydrogen-bond donors (Lipinski definition) is 1. The average Bonchev–Trinajstić information content (AvgIpc) is 2.69. The maximum Gasteiger partial charge on any atom is 0.223 e. The summed E-state index contributed by atoms with van der Waals surface area (Å²) in [7, 11) is 0. The summed E-state index contributed by atoms with van der Waals surface area (Å²) in [6.07, 6.45) is 8.90. The van der Waals surface area contributed by atoms with Crippen LogP contribution in [0.1, 0.15) is 44.9 Å². The lowest BCUT2D eigenvalue weighted by molar-refractivity contribution is -0.124. The van der Waals surface area contributed by atoms with Crippen molar-refractivity contribution in [3.8, 4) is 0 Å². The zero-order chi connectivity index (χ0) is 8.89. The van der Waals surface area contributed by atoms with Crippen LogP contribution in [0.3, 0.4) is 0 Å². The molecular formula is C11H17NO. The highest BCUT2D eigenvalue weighted by atomic mass is 16.2. The third-order valence-electron chi connectivity index (χ3n) is 4.31. The normalized spacial score (nSPS) is 34.9. The highest BCUT2D eigenvalue weighted by Gasteiger charge is 2.60. The van der Waals surface area contributed by atoms with Crippen LogP contribution in [-0.4, -0.2) is 11.9 Å². The lowest BCUT2D eigenvalue weighted by Gasteiger charge is -2.29. The van der Waals surface area contributed by atoms with Crippen LogP contribution in [0.15, 0.2) is 0 Å². The Morgan fingerprint density at radius 2 is 2.00 bits per heavy atom. The molecule has 1 spiro atoms. The Morgan fingerprint density at radius 1 is 1.23 bits per heavy atom. The Morgan fingerprint density at radius 3 is 2.38 bits per heavy atom. The number of hydrogen-bond acceptors (Lipinski definition) is 1. The van der Waals surface area contributed by atoms with E-state index in [9.17, 15) is 4.79 Å². The van der Waals surface area contributed by atoms with Gasteiger partial charge in [-0.1, -0.05) is 6.42 Å². The van der Waals surface area contributed by atoms with Gasteiger partial charge in [0.25, 0.3) is 0 Å². The van der Waals surface area contributed by atoms with Gasteiger partial charge in [0.05, 0.1) is 0 Å². The molecule has 13 heavy (non-hydrogen) atoms. The van der Waals surface area contributed by atoms with E-state index in [-0.39, 0.29) is 0 Å². The molecule has 3 saturated carbocycles. The van der Waals surface area contributed by atoms with Crippen LogP contribution in [0.25, 0.3) is 0 Å². The third-order valence-corrected chi connectivity index (χ3v) is 4.31. The fourth-order valence-electron chi connectivity index (χ4n) is 2.76. The van der Waals surface area contributed by atoms with Gasteiger partial charge in [-0.15, -0.1) is 0 Å². The van der Waals surface area contributed by atoms with E-state index in [1.54, 1.807) is 0 Å². The summed E-state index contributed by atoms with van der Waals surface area (Å²) >= 11 is 0. The van der Waals surface area contributed by atoms with Gasteiger partial charge >= 0.3 is 0 Å². The lowest BCUT2D eigenvalue weighted by atomic mass is 9.79. The minimum absolute atomic E-state index is 0.365. The molecule has 0 heterocycles. The predicted octanol–water partition coefficient (Wildman–Crippen LogP) is 1.85. The van der Waals surface area contributed by atoms with E-state index in [0.717, 1.165) is 0 Å². The first-order valence-electron chi connectivity index (χ1n) is 5.61. The molecule has 0 aliphatic heterocycles. The number of rotatable bonds is 2. The van der Waals surface area contributed by atoms with E-state index in [1.807, 2.05) is 0 Å². The minimum Gasteiger partial charge on any atom is -0.353 e. The SMILES string of the molecule is O=C(NC1CCC1)C1CC12CCC2. The molecule has 0 bridgehead atoms. The average molecular weight is 179 g/mol. The molecule has 1 N–H and O–H groups in total. The lowest BCUT2D eigenvalue weighted by Crippen LogP contribution is -2.41. The van der Waals surface area contributed by atoms with Gasteiger partial charge in [-0.05, 0) is 43.9 Å². The van der Waals surface area contributed by atoms with Gasteiger partial charge in [0.1, 0.15) is 0 Å². The largest absolute Gasteiger partial charge is 0.353 e. The molecule has 3 aliphatic carbocycles. The second kappa shape index (κ2) is 2.49. The molecule has 3 rings (SSSR count). The Bertz CT molecular complexity index is 240. The molecule has 0 aromatic carbocycles. The van der Waals surface area contributed by atoms with Crippen molar-refractivity contribution in [2.45, 2.75) is 51.0 Å². The summed E-state index contributed by atoms with van der Waals surface area (Å²) in [5.74, 6) is 0.770. The summed E-state index contributed by atoms with van der Waals surface area (Å²) in [5.41, 5.74) is 0.508. The first-order chi connectivity index (χ1) is 6.30. The van der Waals surface area contributed by atoms with Gasteiger partial charge in [-0.25, -0.2) is 0 Å². The molecule has 1 unspecified atom stereocenters. The molecule has 3 aliphatic rings. The molecule has 72 valence electrons. The van der Waals surface area contributed by atoms with Crippen molar-refractivity contribution < 1.29 is 4.79 Å². The van der Waals surface area contributed by atoms with E-state index in [0.29, 0.717) is 23.3 Å². The quantitative estimate of drug-likeness (QED) is 0.688. The summed E-state index contributed by atoms with van der Waals surface area (Å²) in [4.78, 5) is 11.7. The van der Waals surface area contributed by atoms with Gasteiger partial charge in [0.2, 0.25) is 5.91 Å². The summed E-state index contributed by atoms with van der Waals surface area (Å²) < 4.78 is 0. The topological polar surface area (TPSA) is 29.1 Å². The van der Waals surface area contributed by atoms with Crippen molar-refractivity contribution in [3.05, 3.63) is 0 Å². The first-order valence-corrected chi connectivity index (χ1v) is 5.61. The van der Waals surface area contributed by atoms with Crippen molar-refractivity contribution in [2.24, 2.45) is 11.3 Å². The standard InChI is InChI=1S/C11H17NO/c13-10(12-8-3-1-4-8)9-7-11(9)5-2-6-11/h8-9H,1-7H2,(H,12,13). The molecule has 3 fully saturated rings.